The van der Waals surface area contributed by atoms with Gasteiger partial charge in [0.25, 0.3) is 0 Å². The second kappa shape index (κ2) is 11.6. The van der Waals surface area contributed by atoms with Gasteiger partial charge in [-0.2, -0.15) is 10.2 Å². The van der Waals surface area contributed by atoms with Gasteiger partial charge >= 0.3 is 6.36 Å². The SMILES string of the molecule is CC(C)c1ccccc1N1C(=O)CS/C1=N/N=C/c1ccc2c(C(N)=Nc3ccc(OC(F)(F)F)cc3)nn(C)c2n1. The number of nitrogens with zero attached hydrogens (tertiary/aromatic N) is 7. The normalized spacial score (nSPS) is 15.6. The van der Waals surface area contributed by atoms with Crippen LogP contribution in [0.2, 0.25) is 0 Å². The van der Waals surface area contributed by atoms with Gasteiger partial charge in [-0.25, -0.2) is 14.7 Å². The number of alkyl halides is 3. The quantitative estimate of drug-likeness (QED) is 0.171. The van der Waals surface area contributed by atoms with E-state index < -0.39 is 6.36 Å². The molecule has 42 heavy (non-hydrogen) atoms. The number of hydrogen-bond acceptors (Lipinski definition) is 8. The lowest BCUT2D eigenvalue weighted by Crippen LogP contribution is -2.30. The highest BCUT2D eigenvalue weighted by molar-refractivity contribution is 8.15. The van der Waals surface area contributed by atoms with Gasteiger partial charge in [0.2, 0.25) is 5.91 Å². The number of carbonyl (C=O) groups is 1. The first-order valence-corrected chi connectivity index (χ1v) is 13.7. The molecule has 1 saturated heterocycles. The molecule has 0 unspecified atom stereocenters. The van der Waals surface area contributed by atoms with E-state index in [-0.39, 0.29) is 29.2 Å². The summed E-state index contributed by atoms with van der Waals surface area (Å²) in [5, 5.41) is 14.0. The fraction of sp³-hybridized carbons (Fsp3) is 0.214. The number of amides is 1. The summed E-state index contributed by atoms with van der Waals surface area (Å²) in [7, 11) is 1.70. The Balaban J connectivity index is 1.37. The molecule has 1 aliphatic rings. The lowest BCUT2D eigenvalue weighted by atomic mass is 10.0. The Bertz CT molecular complexity index is 1730. The Labute approximate surface area is 242 Å². The molecule has 0 aliphatic carbocycles. The van der Waals surface area contributed by atoms with Gasteiger partial charge in [0, 0.05) is 7.05 Å². The summed E-state index contributed by atoms with van der Waals surface area (Å²) >= 11 is 1.32. The van der Waals surface area contributed by atoms with Crippen LogP contribution in [0.4, 0.5) is 24.5 Å². The molecular weight excluding hydrogens is 569 g/mol. The zero-order valence-corrected chi connectivity index (χ0v) is 23.5. The van der Waals surface area contributed by atoms with Crippen molar-refractivity contribution in [2.24, 2.45) is 28.0 Å². The van der Waals surface area contributed by atoms with Gasteiger partial charge in [0.05, 0.1) is 34.4 Å². The van der Waals surface area contributed by atoms with Crippen molar-refractivity contribution in [1.82, 2.24) is 14.8 Å². The van der Waals surface area contributed by atoms with E-state index in [9.17, 15) is 18.0 Å². The molecule has 0 bridgehead atoms. The van der Waals surface area contributed by atoms with E-state index in [2.05, 4.69) is 43.9 Å². The summed E-state index contributed by atoms with van der Waals surface area (Å²) in [5.41, 5.74) is 9.72. The molecule has 0 radical (unpaired) electrons. The molecule has 2 N–H and O–H groups in total. The van der Waals surface area contributed by atoms with Crippen LogP contribution in [0.5, 0.6) is 5.75 Å². The number of hydrogen-bond donors (Lipinski definition) is 1. The van der Waals surface area contributed by atoms with Gasteiger partial charge in [0.1, 0.15) is 11.4 Å². The molecule has 3 heterocycles. The number of fused-ring (bicyclic) bond motifs is 1. The van der Waals surface area contributed by atoms with Crippen LogP contribution in [0.1, 0.15) is 36.7 Å². The van der Waals surface area contributed by atoms with Crippen LogP contribution in [0.3, 0.4) is 0 Å². The van der Waals surface area contributed by atoms with Gasteiger partial charge in [0.15, 0.2) is 16.7 Å². The molecule has 1 aliphatic heterocycles. The zero-order valence-electron chi connectivity index (χ0n) is 22.7. The first-order chi connectivity index (χ1) is 20.0. The number of para-hydroxylation sites is 1. The molecule has 0 spiro atoms. The second-order valence-electron chi connectivity index (χ2n) is 9.48. The van der Waals surface area contributed by atoms with Gasteiger partial charge < -0.3 is 10.5 Å². The molecule has 1 amide bonds. The van der Waals surface area contributed by atoms with Crippen molar-refractivity contribution in [3.8, 4) is 5.75 Å². The monoisotopic (exact) mass is 594 g/mol. The number of halogens is 3. The number of amidine groups is 2. The first-order valence-electron chi connectivity index (χ1n) is 12.7. The molecule has 0 saturated carbocycles. The predicted molar refractivity (Wildman–Crippen MR) is 158 cm³/mol. The minimum absolute atomic E-state index is 0.0596. The molecule has 216 valence electrons. The van der Waals surface area contributed by atoms with Gasteiger partial charge in [-0.3, -0.25) is 9.69 Å². The van der Waals surface area contributed by atoms with E-state index in [1.54, 1.807) is 24.1 Å². The number of carbonyl (C=O) groups excluding carboxylic acids is 1. The largest absolute Gasteiger partial charge is 0.573 e. The third kappa shape index (κ3) is 6.28. The number of thioether (sulfide) groups is 1. The van der Waals surface area contributed by atoms with Crippen LogP contribution in [-0.4, -0.2) is 50.0 Å². The number of aliphatic imine (C=N–C) groups is 1. The van der Waals surface area contributed by atoms with E-state index in [1.165, 1.54) is 34.8 Å². The van der Waals surface area contributed by atoms with Gasteiger partial charge in [-0.1, -0.05) is 43.8 Å². The van der Waals surface area contributed by atoms with Crippen LogP contribution < -0.4 is 15.4 Å². The van der Waals surface area contributed by atoms with Crippen LogP contribution in [0, 0.1) is 0 Å². The molecule has 2 aromatic heterocycles. The number of aryl methyl sites for hydroxylation is 1. The average Bonchev–Trinajstić information content (AvgIpc) is 3.47. The number of benzene rings is 2. The highest BCUT2D eigenvalue weighted by Crippen LogP contribution is 2.33. The van der Waals surface area contributed by atoms with Crippen LogP contribution in [0.25, 0.3) is 11.0 Å². The zero-order chi connectivity index (χ0) is 30.0. The maximum atomic E-state index is 12.7. The molecule has 5 rings (SSSR count). The second-order valence-corrected chi connectivity index (χ2v) is 10.4. The third-order valence-electron chi connectivity index (χ3n) is 6.17. The molecule has 1 fully saturated rings. The van der Waals surface area contributed by atoms with Crippen LogP contribution in [0.15, 0.2) is 75.9 Å². The van der Waals surface area contributed by atoms with E-state index in [1.807, 2.05) is 24.3 Å². The van der Waals surface area contributed by atoms with Crippen LogP contribution in [-0.2, 0) is 11.8 Å². The summed E-state index contributed by atoms with van der Waals surface area (Å²) < 4.78 is 42.6. The maximum Gasteiger partial charge on any atom is 0.573 e. The topological polar surface area (TPSA) is 123 Å². The standard InChI is InChI=1S/C28H25F3N8O2S/c1-16(2)20-6-4-5-7-22(20)39-23(40)15-42-27(39)36-33-14-18-10-13-21-24(37-38(3)26(21)35-18)25(32)34-17-8-11-19(12-9-17)41-28(29,30)31/h4-14,16H,15H2,1-3H3,(H2,32,34)/b33-14+,36-27+. The van der Waals surface area contributed by atoms with Crippen molar-refractivity contribution in [3.05, 3.63) is 77.6 Å². The fourth-order valence-electron chi connectivity index (χ4n) is 4.31. The van der Waals surface area contributed by atoms with Gasteiger partial charge in [-0.05, 0) is 53.9 Å². The summed E-state index contributed by atoms with van der Waals surface area (Å²) in [4.78, 5) is 23.2. The number of pyridine rings is 1. The summed E-state index contributed by atoms with van der Waals surface area (Å²) in [6, 6.07) is 16.2. The minimum Gasteiger partial charge on any atom is -0.406 e. The van der Waals surface area contributed by atoms with Crippen molar-refractivity contribution < 1.29 is 22.7 Å². The van der Waals surface area contributed by atoms with Crippen molar-refractivity contribution >= 4 is 57.3 Å². The van der Waals surface area contributed by atoms with E-state index in [0.717, 1.165) is 23.4 Å². The van der Waals surface area contributed by atoms with E-state index in [4.69, 9.17) is 5.73 Å². The number of nitrogens with two attached hydrogens (primary N) is 1. The summed E-state index contributed by atoms with van der Waals surface area (Å²) in [6.45, 7) is 4.14. The Morgan fingerprint density at radius 2 is 1.86 bits per heavy atom. The van der Waals surface area contributed by atoms with E-state index in [0.29, 0.717) is 33.3 Å². The number of ether oxygens (including phenoxy) is 1. The van der Waals surface area contributed by atoms with Crippen molar-refractivity contribution in [2.75, 3.05) is 10.7 Å². The molecule has 14 heteroatoms. The van der Waals surface area contributed by atoms with Gasteiger partial charge in [-0.15, -0.1) is 18.3 Å². The lowest BCUT2D eigenvalue weighted by molar-refractivity contribution is -0.274. The molecule has 4 aromatic rings. The minimum atomic E-state index is -4.78. The number of aromatic nitrogens is 3. The van der Waals surface area contributed by atoms with E-state index >= 15 is 0 Å². The Kier molecular flexibility index (Phi) is 7.98. The Morgan fingerprint density at radius 3 is 2.57 bits per heavy atom. The molecule has 10 nitrogen and oxygen atoms in total. The fourth-order valence-corrected chi connectivity index (χ4v) is 5.13. The van der Waals surface area contributed by atoms with Crippen molar-refractivity contribution in [3.63, 3.8) is 0 Å². The summed E-state index contributed by atoms with van der Waals surface area (Å²) in [6.07, 6.45) is -3.30. The average molecular weight is 595 g/mol. The predicted octanol–water partition coefficient (Wildman–Crippen LogP) is 5.50. The molecule has 2 aromatic carbocycles. The van der Waals surface area contributed by atoms with Crippen LogP contribution >= 0.6 is 11.8 Å². The Hall–Kier alpha value is -4.72. The highest BCUT2D eigenvalue weighted by Gasteiger charge is 2.32. The third-order valence-corrected chi connectivity index (χ3v) is 7.08. The highest BCUT2D eigenvalue weighted by atomic mass is 32.2. The summed E-state index contributed by atoms with van der Waals surface area (Å²) in [5.74, 6) is 0.134. The lowest BCUT2D eigenvalue weighted by Gasteiger charge is -2.20. The maximum absolute atomic E-state index is 12.7. The molecule has 0 atom stereocenters. The van der Waals surface area contributed by atoms with Crippen molar-refractivity contribution in [2.45, 2.75) is 26.1 Å². The number of rotatable bonds is 7. The smallest absolute Gasteiger partial charge is 0.406 e. The number of anilines is 1. The Morgan fingerprint density at radius 1 is 1.12 bits per heavy atom. The first kappa shape index (κ1) is 28.8. The van der Waals surface area contributed by atoms with Crippen molar-refractivity contribution in [1.29, 1.82) is 0 Å². The molecular formula is C28H25F3N8O2S.